The predicted molar refractivity (Wildman–Crippen MR) is 77.4 cm³/mol. The molecule has 1 saturated heterocycles. The lowest BCUT2D eigenvalue weighted by Crippen LogP contribution is -2.42. The van der Waals surface area contributed by atoms with Gasteiger partial charge in [0.1, 0.15) is 12.3 Å². The van der Waals surface area contributed by atoms with Gasteiger partial charge in [-0.1, -0.05) is 15.9 Å². The number of nitrogens with zero attached hydrogens (tertiary/aromatic N) is 1. The maximum atomic E-state index is 11.8. The quantitative estimate of drug-likeness (QED) is 0.595. The minimum absolute atomic E-state index is 0.143. The lowest BCUT2D eigenvalue weighted by atomic mass is 10.1. The highest BCUT2D eigenvalue weighted by atomic mass is 79.9. The first kappa shape index (κ1) is 15.9. The van der Waals surface area contributed by atoms with Crippen LogP contribution in [-0.4, -0.2) is 44.6 Å². The Morgan fingerprint density at radius 3 is 2.95 bits per heavy atom. The topological polar surface area (TPSA) is 113 Å². The van der Waals surface area contributed by atoms with Gasteiger partial charge in [0.25, 0.3) is 5.56 Å². The lowest BCUT2D eigenvalue weighted by Gasteiger charge is -2.16. The lowest BCUT2D eigenvalue weighted by molar-refractivity contribution is -0.119. The van der Waals surface area contributed by atoms with Gasteiger partial charge in [-0.3, -0.25) is 19.1 Å². The third-order valence-electron chi connectivity index (χ3n) is 3.34. The van der Waals surface area contributed by atoms with Gasteiger partial charge in [0.15, 0.2) is 0 Å². The van der Waals surface area contributed by atoms with E-state index in [-0.39, 0.29) is 17.8 Å². The van der Waals surface area contributed by atoms with Gasteiger partial charge in [-0.2, -0.15) is 0 Å². The molecule has 0 spiro atoms. The van der Waals surface area contributed by atoms with Gasteiger partial charge >= 0.3 is 5.69 Å². The molecule has 3 atom stereocenters. The zero-order chi connectivity index (χ0) is 15.6. The molecule has 8 nitrogen and oxygen atoms in total. The van der Waals surface area contributed by atoms with Gasteiger partial charge in [-0.15, -0.1) is 0 Å². The number of aliphatic hydroxyl groups excluding tert-OH is 1. The van der Waals surface area contributed by atoms with Crippen molar-refractivity contribution in [2.75, 3.05) is 11.9 Å². The van der Waals surface area contributed by atoms with E-state index in [1.165, 1.54) is 10.8 Å². The van der Waals surface area contributed by atoms with Gasteiger partial charge in [0.2, 0.25) is 5.91 Å². The number of aryl methyl sites for hydroxylation is 1. The smallest absolute Gasteiger partial charge is 0.330 e. The number of aromatic nitrogens is 2. The van der Waals surface area contributed by atoms with Gasteiger partial charge in [0.05, 0.1) is 18.0 Å². The van der Waals surface area contributed by atoms with E-state index >= 15 is 0 Å². The van der Waals surface area contributed by atoms with Crippen LogP contribution < -0.4 is 16.6 Å². The van der Waals surface area contributed by atoms with Crippen LogP contribution in [0.1, 0.15) is 18.2 Å². The van der Waals surface area contributed by atoms with E-state index in [9.17, 15) is 19.5 Å². The number of carbonyl (C=O) groups is 1. The first-order chi connectivity index (χ1) is 9.96. The number of H-pyrrole nitrogens is 1. The minimum Gasteiger partial charge on any atom is -0.394 e. The van der Waals surface area contributed by atoms with Crippen LogP contribution in [-0.2, 0) is 9.53 Å². The van der Waals surface area contributed by atoms with Crippen molar-refractivity contribution in [2.45, 2.75) is 31.7 Å². The molecule has 1 aliphatic heterocycles. The summed E-state index contributed by atoms with van der Waals surface area (Å²) < 4.78 is 6.85. The van der Waals surface area contributed by atoms with Crippen LogP contribution in [0.25, 0.3) is 0 Å². The zero-order valence-electron chi connectivity index (χ0n) is 11.3. The highest BCUT2D eigenvalue weighted by Crippen LogP contribution is 2.27. The Morgan fingerprint density at radius 1 is 1.62 bits per heavy atom. The summed E-state index contributed by atoms with van der Waals surface area (Å²) >= 11 is 3.04. The highest BCUT2D eigenvalue weighted by Gasteiger charge is 2.37. The zero-order valence-corrected chi connectivity index (χ0v) is 12.9. The summed E-state index contributed by atoms with van der Waals surface area (Å²) in [5, 5.41) is 12.2. The van der Waals surface area contributed by atoms with Crippen molar-refractivity contribution in [1.82, 2.24) is 14.9 Å². The Morgan fingerprint density at radius 2 is 2.33 bits per heavy atom. The molecule has 9 heteroatoms. The molecule has 1 aliphatic rings. The SMILES string of the molecule is Cc1cn(C2CC(NC(=O)CBr)C(CO)O2)c(=O)[nH]c1=O. The molecule has 0 bridgehead atoms. The fraction of sp³-hybridized carbons (Fsp3) is 0.583. The number of aromatic amines is 1. The number of aliphatic hydroxyl groups is 1. The first-order valence-electron chi connectivity index (χ1n) is 6.40. The molecule has 21 heavy (non-hydrogen) atoms. The third kappa shape index (κ3) is 3.42. The van der Waals surface area contributed by atoms with Crippen molar-refractivity contribution < 1.29 is 14.6 Å². The summed E-state index contributed by atoms with van der Waals surface area (Å²) in [7, 11) is 0. The second-order valence-electron chi connectivity index (χ2n) is 4.83. The summed E-state index contributed by atoms with van der Waals surface area (Å²) in [4.78, 5) is 36.8. The van der Waals surface area contributed by atoms with Crippen molar-refractivity contribution in [3.05, 3.63) is 32.6 Å². The molecule has 0 saturated carbocycles. The first-order valence-corrected chi connectivity index (χ1v) is 7.52. The van der Waals surface area contributed by atoms with Crippen LogP contribution in [0.4, 0.5) is 0 Å². The normalized spacial score (nSPS) is 25.0. The number of carbonyl (C=O) groups excluding carboxylic acids is 1. The van der Waals surface area contributed by atoms with Crippen LogP contribution in [0.2, 0.25) is 0 Å². The number of ether oxygens (including phenoxy) is 1. The summed E-state index contributed by atoms with van der Waals surface area (Å²) in [6.45, 7) is 1.30. The number of hydrogen-bond donors (Lipinski definition) is 3. The highest BCUT2D eigenvalue weighted by molar-refractivity contribution is 9.09. The molecule has 0 aliphatic carbocycles. The number of alkyl halides is 1. The molecule has 3 N–H and O–H groups in total. The molecule has 0 radical (unpaired) electrons. The summed E-state index contributed by atoms with van der Waals surface area (Å²) in [5.74, 6) is -0.229. The molecule has 1 aromatic rings. The fourth-order valence-corrected chi connectivity index (χ4v) is 2.43. The summed E-state index contributed by atoms with van der Waals surface area (Å²) in [6.07, 6.45) is 0.493. The van der Waals surface area contributed by atoms with E-state index in [1.807, 2.05) is 0 Å². The second kappa shape index (κ2) is 6.54. The van der Waals surface area contributed by atoms with E-state index in [1.54, 1.807) is 6.92 Å². The Hall–Kier alpha value is -1.45. The van der Waals surface area contributed by atoms with Gasteiger partial charge in [-0.25, -0.2) is 4.79 Å². The maximum absolute atomic E-state index is 11.8. The van der Waals surface area contributed by atoms with Crippen molar-refractivity contribution in [3.63, 3.8) is 0 Å². The molecule has 0 aromatic carbocycles. The molecular formula is C12H16BrN3O5. The average molecular weight is 362 g/mol. The number of nitrogens with one attached hydrogen (secondary N) is 2. The Balaban J connectivity index is 2.23. The van der Waals surface area contributed by atoms with Gasteiger partial charge < -0.3 is 15.2 Å². The van der Waals surface area contributed by atoms with Crippen molar-refractivity contribution in [3.8, 4) is 0 Å². The monoisotopic (exact) mass is 361 g/mol. The van der Waals surface area contributed by atoms with Crippen LogP contribution in [0.15, 0.2) is 15.8 Å². The number of rotatable bonds is 4. The molecule has 2 heterocycles. The summed E-state index contributed by atoms with van der Waals surface area (Å²) in [6, 6.07) is -0.399. The fourth-order valence-electron chi connectivity index (χ4n) is 2.27. The molecular weight excluding hydrogens is 346 g/mol. The molecule has 2 rings (SSSR count). The Labute approximate surface area is 128 Å². The van der Waals surface area contributed by atoms with Crippen molar-refractivity contribution in [2.24, 2.45) is 0 Å². The van der Waals surface area contributed by atoms with E-state index in [0.29, 0.717) is 12.0 Å². The van der Waals surface area contributed by atoms with Crippen LogP contribution >= 0.6 is 15.9 Å². The Bertz CT molecular complexity index is 641. The molecule has 1 aromatic heterocycles. The van der Waals surface area contributed by atoms with E-state index in [4.69, 9.17) is 4.74 Å². The second-order valence-corrected chi connectivity index (χ2v) is 5.39. The number of halogens is 1. The van der Waals surface area contributed by atoms with E-state index in [2.05, 4.69) is 26.2 Å². The number of amides is 1. The minimum atomic E-state index is -0.647. The van der Waals surface area contributed by atoms with Gasteiger partial charge in [-0.05, 0) is 6.92 Å². The largest absolute Gasteiger partial charge is 0.394 e. The van der Waals surface area contributed by atoms with Crippen molar-refractivity contribution in [1.29, 1.82) is 0 Å². The molecule has 3 unspecified atom stereocenters. The maximum Gasteiger partial charge on any atom is 0.330 e. The van der Waals surface area contributed by atoms with E-state index in [0.717, 1.165) is 0 Å². The molecule has 1 fully saturated rings. The van der Waals surface area contributed by atoms with Crippen molar-refractivity contribution >= 4 is 21.8 Å². The van der Waals surface area contributed by atoms with Gasteiger partial charge in [0, 0.05) is 18.2 Å². The predicted octanol–water partition coefficient (Wildman–Crippen LogP) is -0.995. The average Bonchev–Trinajstić information content (AvgIpc) is 2.85. The molecule has 1 amide bonds. The standard InChI is InChI=1S/C12H16BrN3O5/c1-6-4-16(12(20)15-11(6)19)10-2-7(8(5-17)21-10)14-9(18)3-13/h4,7-8,10,17H,2-3,5H2,1H3,(H,14,18)(H,15,19,20). The Kier molecular flexibility index (Phi) is 4.96. The van der Waals surface area contributed by atoms with Crippen LogP contribution in [0.3, 0.4) is 0 Å². The van der Waals surface area contributed by atoms with E-state index < -0.39 is 29.6 Å². The third-order valence-corrected chi connectivity index (χ3v) is 3.85. The van der Waals surface area contributed by atoms with Crippen LogP contribution in [0.5, 0.6) is 0 Å². The van der Waals surface area contributed by atoms with Crippen LogP contribution in [0, 0.1) is 6.92 Å². The molecule has 116 valence electrons. The number of hydrogen-bond acceptors (Lipinski definition) is 5. The summed E-state index contributed by atoms with van der Waals surface area (Å²) in [5.41, 5.74) is -0.649.